The maximum absolute atomic E-state index is 5.60. The first-order valence-corrected chi connectivity index (χ1v) is 6.78. The zero-order valence-corrected chi connectivity index (χ0v) is 11.6. The van der Waals surface area contributed by atoms with E-state index in [0.29, 0.717) is 6.54 Å². The van der Waals surface area contributed by atoms with Crippen molar-refractivity contribution >= 4 is 11.3 Å². The molecule has 2 aromatic heterocycles. The molecule has 2 N–H and O–H groups in total. The number of aromatic nitrogens is 2. The van der Waals surface area contributed by atoms with E-state index >= 15 is 0 Å². The SMILES string of the molecule is Cc1ncsc1CN(C)Cc1ccnc(CN)c1. The van der Waals surface area contributed by atoms with E-state index in [-0.39, 0.29) is 0 Å². The molecule has 2 rings (SSSR count). The number of nitrogens with zero attached hydrogens (tertiary/aromatic N) is 3. The van der Waals surface area contributed by atoms with Gasteiger partial charge in [-0.3, -0.25) is 9.88 Å². The van der Waals surface area contributed by atoms with Gasteiger partial charge in [-0.1, -0.05) is 0 Å². The van der Waals surface area contributed by atoms with Crippen LogP contribution in [0.15, 0.2) is 23.8 Å². The average Bonchev–Trinajstić information content (AvgIpc) is 2.75. The third-order valence-corrected chi connectivity index (χ3v) is 3.72. The van der Waals surface area contributed by atoms with Gasteiger partial charge in [0.1, 0.15) is 0 Å². The molecule has 2 aromatic rings. The van der Waals surface area contributed by atoms with Crippen molar-refractivity contribution in [2.24, 2.45) is 5.73 Å². The third kappa shape index (κ3) is 3.35. The largest absolute Gasteiger partial charge is 0.325 e. The molecule has 0 spiro atoms. The molecule has 2 heterocycles. The molecule has 0 aliphatic heterocycles. The molecule has 18 heavy (non-hydrogen) atoms. The molecule has 96 valence electrons. The van der Waals surface area contributed by atoms with E-state index in [1.807, 2.05) is 17.8 Å². The Hall–Kier alpha value is -1.30. The van der Waals surface area contributed by atoms with Gasteiger partial charge >= 0.3 is 0 Å². The van der Waals surface area contributed by atoms with Crippen LogP contribution in [-0.2, 0) is 19.6 Å². The number of pyridine rings is 1. The Kier molecular flexibility index (Phi) is 4.41. The second-order valence-corrected chi connectivity index (χ2v) is 5.33. The van der Waals surface area contributed by atoms with E-state index in [9.17, 15) is 0 Å². The molecular formula is C13H18N4S. The van der Waals surface area contributed by atoms with Crippen LogP contribution in [0.2, 0.25) is 0 Å². The van der Waals surface area contributed by atoms with Gasteiger partial charge < -0.3 is 5.73 Å². The van der Waals surface area contributed by atoms with E-state index in [2.05, 4.69) is 34.9 Å². The lowest BCUT2D eigenvalue weighted by Crippen LogP contribution is -2.17. The first-order chi connectivity index (χ1) is 8.69. The van der Waals surface area contributed by atoms with Crippen molar-refractivity contribution in [3.63, 3.8) is 0 Å². The predicted octanol–water partition coefficient (Wildman–Crippen LogP) is 1.94. The molecule has 0 saturated heterocycles. The fourth-order valence-electron chi connectivity index (χ4n) is 1.83. The van der Waals surface area contributed by atoms with Crippen molar-refractivity contribution in [1.82, 2.24) is 14.9 Å². The van der Waals surface area contributed by atoms with Crippen molar-refractivity contribution in [1.29, 1.82) is 0 Å². The number of nitrogens with two attached hydrogens (primary N) is 1. The number of aryl methyl sites for hydroxylation is 1. The van der Waals surface area contributed by atoms with Crippen LogP contribution in [0.3, 0.4) is 0 Å². The standard InChI is InChI=1S/C13H18N4S/c1-10-13(18-9-16-10)8-17(2)7-11-3-4-15-12(5-11)6-14/h3-5,9H,6-8,14H2,1-2H3. The maximum Gasteiger partial charge on any atom is 0.0798 e. The molecule has 0 fully saturated rings. The molecule has 0 unspecified atom stereocenters. The number of thiazole rings is 1. The Bertz CT molecular complexity index is 509. The summed E-state index contributed by atoms with van der Waals surface area (Å²) >= 11 is 1.71. The Morgan fingerprint density at radius 3 is 2.83 bits per heavy atom. The Balaban J connectivity index is 1.98. The molecule has 4 nitrogen and oxygen atoms in total. The molecule has 0 amide bonds. The zero-order chi connectivity index (χ0) is 13.0. The van der Waals surface area contributed by atoms with Crippen LogP contribution >= 0.6 is 11.3 Å². The lowest BCUT2D eigenvalue weighted by atomic mass is 10.2. The van der Waals surface area contributed by atoms with Gasteiger partial charge in [-0.05, 0) is 31.7 Å². The highest BCUT2D eigenvalue weighted by atomic mass is 32.1. The summed E-state index contributed by atoms with van der Waals surface area (Å²) in [4.78, 5) is 12.1. The third-order valence-electron chi connectivity index (χ3n) is 2.80. The van der Waals surface area contributed by atoms with Crippen LogP contribution in [0.4, 0.5) is 0 Å². The van der Waals surface area contributed by atoms with Gasteiger partial charge in [0.2, 0.25) is 0 Å². The van der Waals surface area contributed by atoms with Gasteiger partial charge in [0.25, 0.3) is 0 Å². The predicted molar refractivity (Wildman–Crippen MR) is 74.2 cm³/mol. The first-order valence-electron chi connectivity index (χ1n) is 5.90. The van der Waals surface area contributed by atoms with Crippen LogP contribution < -0.4 is 5.73 Å². The molecule has 5 heteroatoms. The van der Waals surface area contributed by atoms with Crippen LogP contribution in [0.25, 0.3) is 0 Å². The first kappa shape index (κ1) is 13.1. The molecule has 0 radical (unpaired) electrons. The molecule has 0 bridgehead atoms. The minimum atomic E-state index is 0.492. The van der Waals surface area contributed by atoms with Gasteiger partial charge in [0.05, 0.1) is 16.9 Å². The highest BCUT2D eigenvalue weighted by molar-refractivity contribution is 7.09. The summed E-state index contributed by atoms with van der Waals surface area (Å²) in [6.45, 7) is 4.37. The highest BCUT2D eigenvalue weighted by Gasteiger charge is 2.06. The van der Waals surface area contributed by atoms with Gasteiger partial charge in [-0.25, -0.2) is 4.98 Å². The smallest absolute Gasteiger partial charge is 0.0798 e. The summed E-state index contributed by atoms with van der Waals surface area (Å²) in [6, 6.07) is 4.10. The summed E-state index contributed by atoms with van der Waals surface area (Å²) in [7, 11) is 2.11. The summed E-state index contributed by atoms with van der Waals surface area (Å²) in [6.07, 6.45) is 1.82. The zero-order valence-electron chi connectivity index (χ0n) is 10.8. The van der Waals surface area contributed by atoms with E-state index in [1.54, 1.807) is 11.3 Å². The summed E-state index contributed by atoms with van der Waals surface area (Å²) < 4.78 is 0. The van der Waals surface area contributed by atoms with Gasteiger partial charge in [-0.15, -0.1) is 11.3 Å². The van der Waals surface area contributed by atoms with Crippen LogP contribution in [-0.4, -0.2) is 21.9 Å². The normalized spacial score (nSPS) is 11.1. The fourth-order valence-corrected chi connectivity index (χ4v) is 2.69. The van der Waals surface area contributed by atoms with E-state index in [4.69, 9.17) is 5.73 Å². The van der Waals surface area contributed by atoms with E-state index < -0.39 is 0 Å². The van der Waals surface area contributed by atoms with Gasteiger partial charge in [0.15, 0.2) is 0 Å². The minimum absolute atomic E-state index is 0.492. The topological polar surface area (TPSA) is 55.0 Å². The molecule has 0 aliphatic rings. The maximum atomic E-state index is 5.60. The second-order valence-electron chi connectivity index (χ2n) is 4.39. The van der Waals surface area contributed by atoms with Crippen molar-refractivity contribution < 1.29 is 0 Å². The van der Waals surface area contributed by atoms with Crippen molar-refractivity contribution in [3.8, 4) is 0 Å². The fraction of sp³-hybridized carbons (Fsp3) is 0.385. The van der Waals surface area contributed by atoms with Gasteiger partial charge in [-0.2, -0.15) is 0 Å². The summed E-state index contributed by atoms with van der Waals surface area (Å²) in [5.74, 6) is 0. The number of hydrogen-bond donors (Lipinski definition) is 1. The molecule has 0 saturated carbocycles. The average molecular weight is 262 g/mol. The van der Waals surface area contributed by atoms with Crippen molar-refractivity contribution in [2.75, 3.05) is 7.05 Å². The van der Waals surface area contributed by atoms with Crippen LogP contribution in [0, 0.1) is 6.92 Å². The molecular weight excluding hydrogens is 244 g/mol. The molecule has 0 aromatic carbocycles. The molecule has 0 atom stereocenters. The summed E-state index contributed by atoms with van der Waals surface area (Å²) in [5.41, 5.74) is 10.8. The Labute approximate surface area is 111 Å². The summed E-state index contributed by atoms with van der Waals surface area (Å²) in [5, 5.41) is 0. The van der Waals surface area contributed by atoms with Gasteiger partial charge in [0, 0.05) is 30.7 Å². The Morgan fingerprint density at radius 1 is 1.33 bits per heavy atom. The van der Waals surface area contributed by atoms with Crippen molar-refractivity contribution in [3.05, 3.63) is 45.7 Å². The van der Waals surface area contributed by atoms with E-state index in [0.717, 1.165) is 24.5 Å². The number of rotatable bonds is 5. The Morgan fingerprint density at radius 2 is 2.17 bits per heavy atom. The number of hydrogen-bond acceptors (Lipinski definition) is 5. The van der Waals surface area contributed by atoms with Crippen LogP contribution in [0.1, 0.15) is 21.8 Å². The molecule has 0 aliphatic carbocycles. The quantitative estimate of drug-likeness (QED) is 0.894. The van der Waals surface area contributed by atoms with Crippen molar-refractivity contribution in [2.45, 2.75) is 26.6 Å². The second kappa shape index (κ2) is 6.04. The van der Waals surface area contributed by atoms with Crippen LogP contribution in [0.5, 0.6) is 0 Å². The lowest BCUT2D eigenvalue weighted by molar-refractivity contribution is 0.321. The minimum Gasteiger partial charge on any atom is -0.325 e. The lowest BCUT2D eigenvalue weighted by Gasteiger charge is -2.16. The highest BCUT2D eigenvalue weighted by Crippen LogP contribution is 2.15. The van der Waals surface area contributed by atoms with E-state index in [1.165, 1.54) is 10.4 Å². The monoisotopic (exact) mass is 262 g/mol.